The van der Waals surface area contributed by atoms with E-state index in [4.69, 9.17) is 18.6 Å². The number of amides is 1. The molecule has 0 aliphatic heterocycles. The molecule has 0 fully saturated rings. The second-order valence-electron chi connectivity index (χ2n) is 2.95. The Kier molecular flexibility index (Phi) is 4.52. The Morgan fingerprint density at radius 2 is 2.07 bits per heavy atom. The van der Waals surface area contributed by atoms with Crippen LogP contribution in [0.4, 0.5) is 0 Å². The van der Waals surface area contributed by atoms with Crippen molar-refractivity contribution in [3.05, 3.63) is 35.9 Å². The molecule has 0 spiro atoms. The van der Waals surface area contributed by atoms with Crippen molar-refractivity contribution in [1.82, 2.24) is 5.32 Å². The van der Waals surface area contributed by atoms with Gasteiger partial charge >= 0.3 is 0 Å². The Labute approximate surface area is 94.7 Å². The first kappa shape index (κ1) is 11.4. The van der Waals surface area contributed by atoms with Crippen LogP contribution in [-0.2, 0) is 4.79 Å². The van der Waals surface area contributed by atoms with Crippen LogP contribution in [0.2, 0.25) is 0 Å². The van der Waals surface area contributed by atoms with Crippen LogP contribution in [-0.4, -0.2) is 17.3 Å². The van der Waals surface area contributed by atoms with Crippen LogP contribution in [0, 0.1) is 12.3 Å². The first-order valence-electron chi connectivity index (χ1n) is 4.52. The lowest BCUT2D eigenvalue weighted by Crippen LogP contribution is -2.25. The minimum atomic E-state index is -0.137. The summed E-state index contributed by atoms with van der Waals surface area (Å²) in [7, 11) is 0. The molecule has 1 amide bonds. The third-order valence-electron chi connectivity index (χ3n) is 1.80. The standard InChI is InChI=1S/C12H11NOS/c1-2-8-13-12(14)9-11(15)10-6-4-3-5-7-10/h1,3-7H,8-9H2,(H,13,14). The molecule has 1 aromatic rings. The molecule has 0 saturated heterocycles. The molecule has 2 nitrogen and oxygen atoms in total. The van der Waals surface area contributed by atoms with Gasteiger partial charge in [-0.15, -0.1) is 6.42 Å². The second kappa shape index (κ2) is 5.94. The monoisotopic (exact) mass is 217 g/mol. The Morgan fingerprint density at radius 1 is 1.40 bits per heavy atom. The highest BCUT2D eigenvalue weighted by atomic mass is 32.1. The average Bonchev–Trinajstić information content (AvgIpc) is 2.27. The Hall–Kier alpha value is -1.66. The predicted molar refractivity (Wildman–Crippen MR) is 64.6 cm³/mol. The summed E-state index contributed by atoms with van der Waals surface area (Å²) in [5, 5.41) is 2.57. The maximum Gasteiger partial charge on any atom is 0.226 e. The van der Waals surface area contributed by atoms with Gasteiger partial charge in [-0.25, -0.2) is 0 Å². The fraction of sp³-hybridized carbons (Fsp3) is 0.167. The first-order valence-corrected chi connectivity index (χ1v) is 4.93. The van der Waals surface area contributed by atoms with Crippen LogP contribution < -0.4 is 5.32 Å². The topological polar surface area (TPSA) is 29.1 Å². The summed E-state index contributed by atoms with van der Waals surface area (Å²) in [6.07, 6.45) is 5.23. The van der Waals surface area contributed by atoms with E-state index < -0.39 is 0 Å². The molecule has 1 aromatic carbocycles. The van der Waals surface area contributed by atoms with Crippen LogP contribution in [0.15, 0.2) is 30.3 Å². The highest BCUT2D eigenvalue weighted by Crippen LogP contribution is 2.04. The molecule has 1 N–H and O–H groups in total. The number of rotatable bonds is 4. The van der Waals surface area contributed by atoms with Crippen molar-refractivity contribution in [2.24, 2.45) is 0 Å². The fourth-order valence-corrected chi connectivity index (χ4v) is 1.35. The molecule has 0 heterocycles. The van der Waals surface area contributed by atoms with E-state index in [9.17, 15) is 4.79 Å². The number of carbonyl (C=O) groups excluding carboxylic acids is 1. The number of nitrogens with one attached hydrogen (secondary N) is 1. The van der Waals surface area contributed by atoms with Gasteiger partial charge < -0.3 is 5.32 Å². The lowest BCUT2D eigenvalue weighted by Gasteiger charge is -2.03. The minimum Gasteiger partial charge on any atom is -0.345 e. The van der Waals surface area contributed by atoms with Gasteiger partial charge in [0.25, 0.3) is 0 Å². The molecule has 15 heavy (non-hydrogen) atoms. The molecule has 0 aliphatic rings. The van der Waals surface area contributed by atoms with Gasteiger partial charge in [0, 0.05) is 4.86 Å². The van der Waals surface area contributed by atoms with Crippen LogP contribution in [0.25, 0.3) is 0 Å². The first-order chi connectivity index (χ1) is 7.24. The molecule has 0 bridgehead atoms. The van der Waals surface area contributed by atoms with E-state index in [0.29, 0.717) is 4.86 Å². The highest BCUT2D eigenvalue weighted by Gasteiger charge is 2.06. The van der Waals surface area contributed by atoms with Gasteiger partial charge in [-0.3, -0.25) is 4.79 Å². The third kappa shape index (κ3) is 3.92. The van der Waals surface area contributed by atoms with Crippen molar-refractivity contribution >= 4 is 23.0 Å². The Balaban J connectivity index is 2.50. The summed E-state index contributed by atoms with van der Waals surface area (Å²) >= 11 is 5.13. The summed E-state index contributed by atoms with van der Waals surface area (Å²) < 4.78 is 0. The van der Waals surface area contributed by atoms with E-state index in [1.807, 2.05) is 30.3 Å². The van der Waals surface area contributed by atoms with Gasteiger partial charge in [0.05, 0.1) is 13.0 Å². The number of hydrogen-bond acceptors (Lipinski definition) is 2. The van der Waals surface area contributed by atoms with Crippen molar-refractivity contribution in [3.8, 4) is 12.3 Å². The molecule has 3 heteroatoms. The number of carbonyl (C=O) groups is 1. The van der Waals surface area contributed by atoms with Crippen molar-refractivity contribution in [2.75, 3.05) is 6.54 Å². The fourth-order valence-electron chi connectivity index (χ4n) is 1.08. The molecule has 1 rings (SSSR count). The summed E-state index contributed by atoms with van der Waals surface area (Å²) in [6.45, 7) is 0.246. The van der Waals surface area contributed by atoms with Gasteiger partial charge in [0.2, 0.25) is 5.91 Å². The van der Waals surface area contributed by atoms with E-state index in [0.717, 1.165) is 5.56 Å². The number of hydrogen-bond donors (Lipinski definition) is 1. The van der Waals surface area contributed by atoms with Crippen LogP contribution in [0.1, 0.15) is 12.0 Å². The zero-order valence-corrected chi connectivity index (χ0v) is 9.01. The maximum absolute atomic E-state index is 11.3. The largest absolute Gasteiger partial charge is 0.345 e. The third-order valence-corrected chi connectivity index (χ3v) is 2.18. The summed E-state index contributed by atoms with van der Waals surface area (Å²) in [5.74, 6) is 2.20. The van der Waals surface area contributed by atoms with Gasteiger partial charge in [0.15, 0.2) is 0 Å². The molecule has 0 unspecified atom stereocenters. The molecule has 0 radical (unpaired) electrons. The summed E-state index contributed by atoms with van der Waals surface area (Å²) in [4.78, 5) is 11.9. The van der Waals surface area contributed by atoms with Gasteiger partial charge in [0.1, 0.15) is 0 Å². The zero-order valence-electron chi connectivity index (χ0n) is 8.19. The molecule has 76 valence electrons. The number of benzene rings is 1. The second-order valence-corrected chi connectivity index (χ2v) is 3.44. The predicted octanol–water partition coefficient (Wildman–Crippen LogP) is 1.54. The van der Waals surface area contributed by atoms with Crippen molar-refractivity contribution < 1.29 is 4.79 Å². The van der Waals surface area contributed by atoms with Gasteiger partial charge in [-0.05, 0) is 5.56 Å². The number of thiocarbonyl (C=S) groups is 1. The Morgan fingerprint density at radius 3 is 2.67 bits per heavy atom. The van der Waals surface area contributed by atoms with Gasteiger partial charge in [-0.1, -0.05) is 48.5 Å². The minimum absolute atomic E-state index is 0.137. The Bertz CT molecular complexity index is 392. The molecular formula is C12H11NOS. The maximum atomic E-state index is 11.3. The SMILES string of the molecule is C#CCNC(=O)CC(=S)c1ccccc1. The van der Waals surface area contributed by atoms with Crippen LogP contribution in [0.5, 0.6) is 0 Å². The molecule has 0 aliphatic carbocycles. The van der Waals surface area contributed by atoms with Crippen molar-refractivity contribution in [1.29, 1.82) is 0 Å². The van der Waals surface area contributed by atoms with Crippen LogP contribution in [0.3, 0.4) is 0 Å². The van der Waals surface area contributed by atoms with Crippen molar-refractivity contribution in [2.45, 2.75) is 6.42 Å². The van der Waals surface area contributed by atoms with E-state index in [1.165, 1.54) is 0 Å². The number of terminal acetylenes is 1. The average molecular weight is 217 g/mol. The normalized spacial score (nSPS) is 9.00. The highest BCUT2D eigenvalue weighted by molar-refractivity contribution is 7.80. The molecule has 0 atom stereocenters. The lowest BCUT2D eigenvalue weighted by atomic mass is 10.1. The van der Waals surface area contributed by atoms with E-state index >= 15 is 0 Å². The van der Waals surface area contributed by atoms with Crippen LogP contribution >= 0.6 is 12.2 Å². The molecule has 0 saturated carbocycles. The van der Waals surface area contributed by atoms with E-state index in [2.05, 4.69) is 11.2 Å². The van der Waals surface area contributed by atoms with E-state index in [-0.39, 0.29) is 18.9 Å². The smallest absolute Gasteiger partial charge is 0.226 e. The summed E-state index contributed by atoms with van der Waals surface area (Å²) in [6, 6.07) is 9.46. The van der Waals surface area contributed by atoms with Crippen molar-refractivity contribution in [3.63, 3.8) is 0 Å². The van der Waals surface area contributed by atoms with Gasteiger partial charge in [-0.2, -0.15) is 0 Å². The van der Waals surface area contributed by atoms with E-state index in [1.54, 1.807) is 0 Å². The zero-order chi connectivity index (χ0) is 11.1. The molecule has 0 aromatic heterocycles. The molecular weight excluding hydrogens is 206 g/mol. The summed E-state index contributed by atoms with van der Waals surface area (Å²) in [5.41, 5.74) is 0.906. The quantitative estimate of drug-likeness (QED) is 0.471. The lowest BCUT2D eigenvalue weighted by molar-refractivity contribution is -0.119.